The molecule has 0 spiro atoms. The van der Waals surface area contributed by atoms with Crippen molar-refractivity contribution in [1.29, 1.82) is 0 Å². The number of rotatable bonds is 3. The van der Waals surface area contributed by atoms with Crippen molar-refractivity contribution in [3.05, 3.63) is 58.7 Å². The lowest BCUT2D eigenvalue weighted by Gasteiger charge is -2.20. The molecule has 130 valence electrons. The van der Waals surface area contributed by atoms with Crippen LogP contribution in [0.5, 0.6) is 5.75 Å². The summed E-state index contributed by atoms with van der Waals surface area (Å²) in [6, 6.07) is 11.4. The number of carbonyl (C=O) groups is 1. The van der Waals surface area contributed by atoms with Gasteiger partial charge in [0, 0.05) is 22.7 Å². The van der Waals surface area contributed by atoms with E-state index in [2.05, 4.69) is 26.1 Å². The normalized spacial score (nSPS) is 15.4. The van der Waals surface area contributed by atoms with Crippen LogP contribution in [0.3, 0.4) is 0 Å². The number of alkyl halides is 1. The fraction of sp³-hybridized carbons (Fsp3) is 0.286. The van der Waals surface area contributed by atoms with Crippen LogP contribution in [0.25, 0.3) is 11.6 Å². The summed E-state index contributed by atoms with van der Waals surface area (Å²) in [7, 11) is 0. The van der Waals surface area contributed by atoms with Crippen molar-refractivity contribution in [2.75, 3.05) is 11.2 Å². The lowest BCUT2D eigenvalue weighted by atomic mass is 9.85. The maximum atomic E-state index is 12.4. The minimum absolute atomic E-state index is 0.108. The molecule has 1 amide bonds. The SMILES string of the molecule is CC(C)(C)c1cc(C=C2C(=O)Nc3ccc(CCCl)cc32)ccc1O. The van der Waals surface area contributed by atoms with Crippen LogP contribution < -0.4 is 5.32 Å². The molecule has 0 aromatic heterocycles. The van der Waals surface area contributed by atoms with E-state index in [0.29, 0.717) is 11.5 Å². The van der Waals surface area contributed by atoms with Crippen LogP contribution in [-0.2, 0) is 16.6 Å². The predicted molar refractivity (Wildman–Crippen MR) is 104 cm³/mol. The number of carbonyl (C=O) groups excluding carboxylic acids is 1. The van der Waals surface area contributed by atoms with Gasteiger partial charge in [-0.3, -0.25) is 4.79 Å². The van der Waals surface area contributed by atoms with E-state index in [1.807, 2.05) is 36.4 Å². The van der Waals surface area contributed by atoms with Crippen LogP contribution >= 0.6 is 11.6 Å². The number of nitrogens with one attached hydrogen (secondary N) is 1. The molecule has 0 saturated carbocycles. The van der Waals surface area contributed by atoms with E-state index >= 15 is 0 Å². The summed E-state index contributed by atoms with van der Waals surface area (Å²) in [4.78, 5) is 12.4. The average molecular weight is 356 g/mol. The molecule has 3 nitrogen and oxygen atoms in total. The fourth-order valence-corrected chi connectivity index (χ4v) is 3.27. The highest BCUT2D eigenvalue weighted by Crippen LogP contribution is 2.36. The van der Waals surface area contributed by atoms with Gasteiger partial charge in [-0.2, -0.15) is 0 Å². The molecule has 0 aliphatic carbocycles. The summed E-state index contributed by atoms with van der Waals surface area (Å²) < 4.78 is 0. The second kappa shape index (κ2) is 6.57. The van der Waals surface area contributed by atoms with Gasteiger partial charge in [-0.25, -0.2) is 0 Å². The molecule has 1 heterocycles. The van der Waals surface area contributed by atoms with Crippen molar-refractivity contribution in [3.8, 4) is 5.75 Å². The Morgan fingerprint density at radius 3 is 2.60 bits per heavy atom. The first-order valence-electron chi connectivity index (χ1n) is 8.35. The van der Waals surface area contributed by atoms with Crippen LogP contribution in [0.1, 0.15) is 43.0 Å². The van der Waals surface area contributed by atoms with Gasteiger partial charge in [-0.1, -0.05) is 32.9 Å². The Balaban J connectivity index is 2.06. The largest absolute Gasteiger partial charge is 0.508 e. The lowest BCUT2D eigenvalue weighted by molar-refractivity contribution is -0.110. The molecule has 1 aliphatic heterocycles. The van der Waals surface area contributed by atoms with Crippen molar-refractivity contribution in [2.24, 2.45) is 0 Å². The maximum absolute atomic E-state index is 12.4. The third-order valence-electron chi connectivity index (χ3n) is 4.39. The minimum Gasteiger partial charge on any atom is -0.508 e. The summed E-state index contributed by atoms with van der Waals surface area (Å²) in [6.07, 6.45) is 2.64. The second-order valence-electron chi connectivity index (χ2n) is 7.36. The molecule has 0 unspecified atom stereocenters. The molecule has 0 fully saturated rings. The number of aryl methyl sites for hydroxylation is 1. The van der Waals surface area contributed by atoms with Crippen molar-refractivity contribution < 1.29 is 9.90 Å². The summed E-state index contributed by atoms with van der Waals surface area (Å²) in [5, 5.41) is 13.0. The fourth-order valence-electron chi connectivity index (χ4n) is 3.05. The number of amides is 1. The Labute approximate surface area is 153 Å². The highest BCUT2D eigenvalue weighted by molar-refractivity contribution is 6.35. The molecule has 0 radical (unpaired) electrons. The monoisotopic (exact) mass is 355 g/mol. The first-order chi connectivity index (χ1) is 11.8. The van der Waals surface area contributed by atoms with E-state index in [1.54, 1.807) is 6.07 Å². The third-order valence-corrected chi connectivity index (χ3v) is 4.58. The molecule has 2 aromatic carbocycles. The average Bonchev–Trinajstić information content (AvgIpc) is 2.84. The Morgan fingerprint density at radius 2 is 1.92 bits per heavy atom. The van der Waals surface area contributed by atoms with Gasteiger partial charge in [-0.05, 0) is 58.9 Å². The zero-order valence-electron chi connectivity index (χ0n) is 14.7. The molecule has 0 bridgehead atoms. The van der Waals surface area contributed by atoms with Crippen LogP contribution in [-0.4, -0.2) is 16.9 Å². The van der Waals surface area contributed by atoms with Crippen molar-refractivity contribution in [3.63, 3.8) is 0 Å². The van der Waals surface area contributed by atoms with Crippen molar-refractivity contribution >= 4 is 34.8 Å². The molecule has 1 aliphatic rings. The molecular formula is C21H22ClNO2. The van der Waals surface area contributed by atoms with Crippen LogP contribution in [0.15, 0.2) is 36.4 Å². The number of fused-ring (bicyclic) bond motifs is 1. The molecule has 0 saturated heterocycles. The Bertz CT molecular complexity index is 863. The van der Waals surface area contributed by atoms with Gasteiger partial charge in [0.05, 0.1) is 0 Å². The quantitative estimate of drug-likeness (QED) is 0.603. The summed E-state index contributed by atoms with van der Waals surface area (Å²) >= 11 is 5.84. The summed E-state index contributed by atoms with van der Waals surface area (Å²) in [6.45, 7) is 6.15. The van der Waals surface area contributed by atoms with E-state index in [9.17, 15) is 9.90 Å². The Morgan fingerprint density at radius 1 is 1.16 bits per heavy atom. The van der Waals surface area contributed by atoms with Gasteiger partial charge in [0.15, 0.2) is 0 Å². The zero-order valence-corrected chi connectivity index (χ0v) is 15.4. The minimum atomic E-state index is -0.179. The highest BCUT2D eigenvalue weighted by atomic mass is 35.5. The molecule has 0 atom stereocenters. The number of halogens is 1. The summed E-state index contributed by atoms with van der Waals surface area (Å²) in [5.74, 6) is 0.713. The molecule has 4 heteroatoms. The van der Waals surface area contributed by atoms with E-state index in [0.717, 1.165) is 34.4 Å². The number of hydrogen-bond acceptors (Lipinski definition) is 2. The lowest BCUT2D eigenvalue weighted by Crippen LogP contribution is -2.11. The standard InChI is InChI=1S/C21H22ClNO2/c1-21(2,3)17-12-14(5-7-19(17)24)11-16-15-10-13(8-9-22)4-6-18(15)23-20(16)25/h4-7,10-12,24H,8-9H2,1-3H3,(H,23,25). The number of hydrogen-bond donors (Lipinski definition) is 2. The van der Waals surface area contributed by atoms with Gasteiger partial charge in [0.2, 0.25) is 0 Å². The highest BCUT2D eigenvalue weighted by Gasteiger charge is 2.25. The van der Waals surface area contributed by atoms with Gasteiger partial charge in [0.25, 0.3) is 5.91 Å². The van der Waals surface area contributed by atoms with Gasteiger partial charge in [-0.15, -0.1) is 11.6 Å². The van der Waals surface area contributed by atoms with Crippen LogP contribution in [0.2, 0.25) is 0 Å². The van der Waals surface area contributed by atoms with Gasteiger partial charge < -0.3 is 10.4 Å². The van der Waals surface area contributed by atoms with E-state index in [4.69, 9.17) is 11.6 Å². The maximum Gasteiger partial charge on any atom is 0.256 e. The van der Waals surface area contributed by atoms with Gasteiger partial charge in [0.1, 0.15) is 5.75 Å². The molecule has 25 heavy (non-hydrogen) atoms. The molecule has 2 aromatic rings. The number of phenols is 1. The number of anilines is 1. The Hall–Kier alpha value is -2.26. The third kappa shape index (κ3) is 3.57. The van der Waals surface area contributed by atoms with E-state index < -0.39 is 0 Å². The molecular weight excluding hydrogens is 334 g/mol. The first-order valence-corrected chi connectivity index (χ1v) is 8.89. The first kappa shape index (κ1) is 17.6. The van der Waals surface area contributed by atoms with Gasteiger partial charge >= 0.3 is 0 Å². The van der Waals surface area contributed by atoms with Crippen LogP contribution in [0.4, 0.5) is 5.69 Å². The number of benzene rings is 2. The zero-order chi connectivity index (χ0) is 18.2. The van der Waals surface area contributed by atoms with Crippen molar-refractivity contribution in [2.45, 2.75) is 32.6 Å². The smallest absolute Gasteiger partial charge is 0.256 e. The predicted octanol–water partition coefficient (Wildman–Crippen LogP) is 4.96. The molecule has 3 rings (SSSR count). The van der Waals surface area contributed by atoms with Crippen LogP contribution in [0, 0.1) is 0 Å². The summed E-state index contributed by atoms with van der Waals surface area (Å²) in [5.41, 5.74) is 5.04. The Kier molecular flexibility index (Phi) is 4.61. The van der Waals surface area contributed by atoms with E-state index in [1.165, 1.54) is 0 Å². The topological polar surface area (TPSA) is 49.3 Å². The van der Waals surface area contributed by atoms with E-state index in [-0.39, 0.29) is 17.1 Å². The van der Waals surface area contributed by atoms with Crippen molar-refractivity contribution in [1.82, 2.24) is 0 Å². The second-order valence-corrected chi connectivity index (χ2v) is 7.74. The number of aromatic hydroxyl groups is 1. The number of phenolic OH excluding ortho intramolecular Hbond substituents is 1. The molecule has 2 N–H and O–H groups in total.